The van der Waals surface area contributed by atoms with Gasteiger partial charge in [0, 0.05) is 22.9 Å². The molecule has 2 rings (SSSR count). The lowest BCUT2D eigenvalue weighted by molar-refractivity contribution is 0.233. The molecular weight excluding hydrogens is 298 g/mol. The highest BCUT2D eigenvalue weighted by Gasteiger charge is 2.23. The van der Waals surface area contributed by atoms with Crippen LogP contribution < -0.4 is 0 Å². The van der Waals surface area contributed by atoms with E-state index in [0.29, 0.717) is 0 Å². The number of halogens is 2. The molecule has 1 aliphatic heterocycles. The van der Waals surface area contributed by atoms with Crippen molar-refractivity contribution in [3.05, 3.63) is 34.3 Å². The Hall–Kier alpha value is -0.0500. The molecule has 0 aromatic heterocycles. The zero-order chi connectivity index (χ0) is 12.1. The van der Waals surface area contributed by atoms with Gasteiger partial charge < -0.3 is 0 Å². The Morgan fingerprint density at radius 1 is 1.41 bits per heavy atom. The summed E-state index contributed by atoms with van der Waals surface area (Å²) in [7, 11) is 0. The average Bonchev–Trinajstić information content (AvgIpc) is 2.74. The van der Waals surface area contributed by atoms with Crippen LogP contribution in [0.25, 0.3) is 0 Å². The van der Waals surface area contributed by atoms with Gasteiger partial charge in [-0.05, 0) is 49.9 Å². The van der Waals surface area contributed by atoms with Crippen LogP contribution in [0.15, 0.2) is 28.7 Å². The van der Waals surface area contributed by atoms with Gasteiger partial charge in [0.25, 0.3) is 0 Å². The molecule has 1 aromatic rings. The maximum atomic E-state index is 5.78. The molecule has 0 N–H and O–H groups in total. The first-order chi connectivity index (χ1) is 8.29. The van der Waals surface area contributed by atoms with Gasteiger partial charge in [-0.25, -0.2) is 0 Å². The molecule has 17 heavy (non-hydrogen) atoms. The molecule has 1 aliphatic rings. The second-order valence-corrected chi connectivity index (χ2v) is 6.02. The minimum absolute atomic E-state index is 0.743. The topological polar surface area (TPSA) is 3.24 Å². The van der Waals surface area contributed by atoms with Crippen molar-refractivity contribution in [3.63, 3.8) is 0 Å². The fourth-order valence-corrected chi connectivity index (χ4v) is 3.21. The van der Waals surface area contributed by atoms with Gasteiger partial charge >= 0.3 is 0 Å². The summed E-state index contributed by atoms with van der Waals surface area (Å²) in [6, 6.07) is 9.37. The molecule has 94 valence electrons. The van der Waals surface area contributed by atoms with Crippen molar-refractivity contribution in [2.75, 3.05) is 12.4 Å². The minimum Gasteiger partial charge on any atom is -0.296 e. The van der Waals surface area contributed by atoms with E-state index < -0.39 is 0 Å². The molecule has 1 fully saturated rings. The van der Waals surface area contributed by atoms with Gasteiger partial charge in [0.2, 0.25) is 0 Å². The zero-order valence-corrected chi connectivity index (χ0v) is 12.4. The second kappa shape index (κ2) is 6.77. The quantitative estimate of drug-likeness (QED) is 0.726. The van der Waals surface area contributed by atoms with Crippen LogP contribution in [0.4, 0.5) is 0 Å². The minimum atomic E-state index is 0.743. The number of rotatable bonds is 5. The van der Waals surface area contributed by atoms with Crippen LogP contribution in [0.5, 0.6) is 0 Å². The van der Waals surface area contributed by atoms with E-state index in [0.717, 1.165) is 24.9 Å². The van der Waals surface area contributed by atoms with Crippen molar-refractivity contribution in [1.29, 1.82) is 0 Å². The molecule has 1 heterocycles. The lowest BCUT2D eigenvalue weighted by Gasteiger charge is -2.24. The fraction of sp³-hybridized carbons (Fsp3) is 0.571. The Kier molecular flexibility index (Phi) is 5.33. The van der Waals surface area contributed by atoms with Crippen LogP contribution in [-0.2, 0) is 6.54 Å². The Balaban J connectivity index is 1.93. The molecule has 0 saturated carbocycles. The number of nitrogens with zero attached hydrogens (tertiary/aromatic N) is 1. The predicted molar refractivity (Wildman–Crippen MR) is 77.5 cm³/mol. The van der Waals surface area contributed by atoms with Crippen LogP contribution in [0.2, 0.25) is 0 Å². The summed E-state index contributed by atoms with van der Waals surface area (Å²) in [5.74, 6) is 0.793. The Bertz CT molecular complexity index is 356. The van der Waals surface area contributed by atoms with E-state index in [2.05, 4.69) is 45.1 Å². The highest BCUT2D eigenvalue weighted by molar-refractivity contribution is 9.10. The van der Waals surface area contributed by atoms with Crippen molar-refractivity contribution in [2.45, 2.75) is 38.3 Å². The maximum absolute atomic E-state index is 5.78. The molecule has 1 unspecified atom stereocenters. The summed E-state index contributed by atoms with van der Waals surface area (Å²) in [5, 5.41) is 0. The Labute approximate surface area is 117 Å². The molecule has 0 bridgehead atoms. The largest absolute Gasteiger partial charge is 0.296 e. The number of hydrogen-bond donors (Lipinski definition) is 0. The van der Waals surface area contributed by atoms with Crippen molar-refractivity contribution in [2.24, 2.45) is 0 Å². The summed E-state index contributed by atoms with van der Waals surface area (Å²) in [4.78, 5) is 2.61. The highest BCUT2D eigenvalue weighted by Crippen LogP contribution is 2.24. The number of alkyl halides is 1. The van der Waals surface area contributed by atoms with Gasteiger partial charge in [-0.3, -0.25) is 4.90 Å². The summed E-state index contributed by atoms with van der Waals surface area (Å²) in [5.41, 5.74) is 1.40. The summed E-state index contributed by atoms with van der Waals surface area (Å²) < 4.78 is 1.17. The van der Waals surface area contributed by atoms with Crippen LogP contribution in [0, 0.1) is 0 Å². The lowest BCUT2D eigenvalue weighted by atomic mass is 10.1. The fourth-order valence-electron chi connectivity index (χ4n) is 2.61. The SMILES string of the molecule is ClCCCC1CCCN1Cc1cccc(Br)c1. The van der Waals surface area contributed by atoms with E-state index in [-0.39, 0.29) is 0 Å². The molecule has 0 radical (unpaired) electrons. The maximum Gasteiger partial charge on any atom is 0.0237 e. The summed E-state index contributed by atoms with van der Waals surface area (Å²) in [6.07, 6.45) is 5.06. The van der Waals surface area contributed by atoms with Crippen LogP contribution >= 0.6 is 27.5 Å². The van der Waals surface area contributed by atoms with Gasteiger partial charge in [0.05, 0.1) is 0 Å². The Morgan fingerprint density at radius 3 is 3.06 bits per heavy atom. The molecule has 0 amide bonds. The van der Waals surface area contributed by atoms with E-state index in [1.807, 2.05) is 0 Å². The van der Waals surface area contributed by atoms with Crippen molar-refractivity contribution < 1.29 is 0 Å². The first-order valence-corrected chi connectivity index (χ1v) is 7.67. The molecule has 0 spiro atoms. The van der Waals surface area contributed by atoms with Crippen LogP contribution in [-0.4, -0.2) is 23.4 Å². The van der Waals surface area contributed by atoms with Gasteiger partial charge in [0.1, 0.15) is 0 Å². The summed E-state index contributed by atoms with van der Waals surface area (Å²) in [6.45, 7) is 2.31. The molecule has 1 saturated heterocycles. The molecular formula is C14H19BrClN. The van der Waals surface area contributed by atoms with Crippen LogP contribution in [0.1, 0.15) is 31.2 Å². The van der Waals surface area contributed by atoms with Gasteiger partial charge in [-0.15, -0.1) is 11.6 Å². The van der Waals surface area contributed by atoms with Crippen molar-refractivity contribution in [1.82, 2.24) is 4.90 Å². The van der Waals surface area contributed by atoms with E-state index in [1.54, 1.807) is 0 Å². The average molecular weight is 317 g/mol. The third-order valence-corrected chi connectivity index (χ3v) is 4.21. The standard InChI is InChI=1S/C14H19BrClN/c15-13-5-1-4-12(10-13)11-17-9-3-7-14(17)6-2-8-16/h1,4-5,10,14H,2-3,6-9,11H2. The third kappa shape index (κ3) is 3.97. The van der Waals surface area contributed by atoms with Gasteiger partial charge in [-0.2, -0.15) is 0 Å². The van der Waals surface area contributed by atoms with Crippen molar-refractivity contribution in [3.8, 4) is 0 Å². The first-order valence-electron chi connectivity index (χ1n) is 6.34. The van der Waals surface area contributed by atoms with Gasteiger partial charge in [-0.1, -0.05) is 28.1 Å². The second-order valence-electron chi connectivity index (χ2n) is 4.73. The molecule has 0 aliphatic carbocycles. The molecule has 3 heteroatoms. The van der Waals surface area contributed by atoms with Crippen molar-refractivity contribution >= 4 is 27.5 Å². The number of hydrogen-bond acceptors (Lipinski definition) is 1. The molecule has 1 aromatic carbocycles. The predicted octanol–water partition coefficient (Wildman–Crippen LogP) is 4.43. The number of likely N-dealkylation sites (tertiary alicyclic amines) is 1. The normalized spacial score (nSPS) is 20.9. The Morgan fingerprint density at radius 2 is 2.29 bits per heavy atom. The van der Waals surface area contributed by atoms with Crippen LogP contribution in [0.3, 0.4) is 0 Å². The number of benzene rings is 1. The lowest BCUT2D eigenvalue weighted by Crippen LogP contribution is -2.28. The van der Waals surface area contributed by atoms with E-state index in [4.69, 9.17) is 11.6 Å². The summed E-state index contributed by atoms with van der Waals surface area (Å²) >= 11 is 9.32. The highest BCUT2D eigenvalue weighted by atomic mass is 79.9. The zero-order valence-electron chi connectivity index (χ0n) is 10.0. The van der Waals surface area contributed by atoms with E-state index >= 15 is 0 Å². The first kappa shape index (κ1) is 13.4. The third-order valence-electron chi connectivity index (χ3n) is 3.44. The van der Waals surface area contributed by atoms with E-state index in [9.17, 15) is 0 Å². The smallest absolute Gasteiger partial charge is 0.0237 e. The van der Waals surface area contributed by atoms with Gasteiger partial charge in [0.15, 0.2) is 0 Å². The molecule has 1 atom stereocenters. The monoisotopic (exact) mass is 315 g/mol. The molecule has 1 nitrogen and oxygen atoms in total. The van der Waals surface area contributed by atoms with E-state index in [1.165, 1.54) is 35.8 Å².